The minimum atomic E-state index is 0.0759. The quantitative estimate of drug-likeness (QED) is 0.635. The van der Waals surface area contributed by atoms with E-state index < -0.39 is 0 Å². The topological polar surface area (TPSA) is 58.4 Å². The number of nitrogens with zero attached hydrogens (tertiary/aromatic N) is 1. The summed E-state index contributed by atoms with van der Waals surface area (Å²) in [5, 5.41) is 0. The van der Waals surface area contributed by atoms with Crippen molar-refractivity contribution in [1.82, 2.24) is 4.90 Å². The van der Waals surface area contributed by atoms with Crippen LogP contribution in [0, 0.1) is 12.8 Å². The number of hydrazine groups is 1. The summed E-state index contributed by atoms with van der Waals surface area (Å²) in [6, 6.07) is 6.00. The number of likely N-dealkylation sites (tertiary alicyclic amines) is 1. The number of amides is 1. The molecule has 1 aliphatic rings. The average molecular weight is 261 g/mol. The number of nitrogens with two attached hydrogens (primary N) is 1. The number of carbonyl (C=O) groups excluding carboxylic acids is 1. The van der Waals surface area contributed by atoms with E-state index in [9.17, 15) is 4.79 Å². The molecule has 2 rings (SSSR count). The lowest BCUT2D eigenvalue weighted by molar-refractivity contribution is 0.0552. The first-order valence-corrected chi connectivity index (χ1v) is 6.93. The highest BCUT2D eigenvalue weighted by molar-refractivity contribution is 5.99. The van der Waals surface area contributed by atoms with Crippen LogP contribution in [0.4, 0.5) is 5.69 Å². The summed E-state index contributed by atoms with van der Waals surface area (Å²) >= 11 is 0. The van der Waals surface area contributed by atoms with Gasteiger partial charge in [0.2, 0.25) is 0 Å². The molecule has 19 heavy (non-hydrogen) atoms. The fraction of sp³-hybridized carbons (Fsp3) is 0.533. The van der Waals surface area contributed by atoms with Crippen LogP contribution in [-0.4, -0.2) is 23.4 Å². The van der Waals surface area contributed by atoms with Gasteiger partial charge in [0, 0.05) is 12.6 Å². The molecule has 0 saturated carbocycles. The Bertz CT molecular complexity index is 472. The van der Waals surface area contributed by atoms with Crippen LogP contribution >= 0.6 is 0 Å². The predicted octanol–water partition coefficient (Wildman–Crippen LogP) is 2.54. The van der Waals surface area contributed by atoms with E-state index in [1.165, 1.54) is 6.42 Å². The molecule has 2 atom stereocenters. The van der Waals surface area contributed by atoms with E-state index in [-0.39, 0.29) is 11.9 Å². The van der Waals surface area contributed by atoms with Crippen molar-refractivity contribution in [3.05, 3.63) is 29.3 Å². The number of hydrogen-bond acceptors (Lipinski definition) is 3. The van der Waals surface area contributed by atoms with Gasteiger partial charge in [0.25, 0.3) is 5.91 Å². The molecule has 4 heteroatoms. The van der Waals surface area contributed by atoms with Crippen molar-refractivity contribution in [2.24, 2.45) is 11.8 Å². The van der Waals surface area contributed by atoms with Crippen molar-refractivity contribution in [3.8, 4) is 0 Å². The highest BCUT2D eigenvalue weighted by atomic mass is 16.2. The zero-order valence-electron chi connectivity index (χ0n) is 11.9. The van der Waals surface area contributed by atoms with E-state index in [0.29, 0.717) is 17.2 Å². The van der Waals surface area contributed by atoms with E-state index >= 15 is 0 Å². The van der Waals surface area contributed by atoms with E-state index in [1.807, 2.05) is 30.0 Å². The van der Waals surface area contributed by atoms with Crippen LogP contribution in [0.5, 0.6) is 0 Å². The van der Waals surface area contributed by atoms with Crippen LogP contribution < -0.4 is 11.3 Å². The first-order chi connectivity index (χ1) is 9.04. The summed E-state index contributed by atoms with van der Waals surface area (Å²) in [7, 11) is 0. The normalized spacial score (nSPS) is 23.3. The second-order valence-electron chi connectivity index (χ2n) is 5.55. The second-order valence-corrected chi connectivity index (χ2v) is 5.55. The molecule has 0 bridgehead atoms. The van der Waals surface area contributed by atoms with E-state index in [2.05, 4.69) is 19.3 Å². The lowest BCUT2D eigenvalue weighted by Crippen LogP contribution is -2.46. The second kappa shape index (κ2) is 5.61. The summed E-state index contributed by atoms with van der Waals surface area (Å²) in [5.41, 5.74) is 5.09. The van der Waals surface area contributed by atoms with Crippen LogP contribution in [-0.2, 0) is 0 Å². The minimum Gasteiger partial charge on any atom is -0.336 e. The van der Waals surface area contributed by atoms with Crippen molar-refractivity contribution in [2.75, 3.05) is 12.0 Å². The Kier molecular flexibility index (Phi) is 4.10. The summed E-state index contributed by atoms with van der Waals surface area (Å²) in [5.74, 6) is 6.16. The number of hydrogen-bond donors (Lipinski definition) is 2. The molecule has 1 aliphatic heterocycles. The van der Waals surface area contributed by atoms with Gasteiger partial charge in [-0.25, -0.2) is 0 Å². The predicted molar refractivity (Wildman–Crippen MR) is 77.9 cm³/mol. The third-order valence-corrected chi connectivity index (χ3v) is 4.20. The Morgan fingerprint density at radius 2 is 2.16 bits per heavy atom. The van der Waals surface area contributed by atoms with Gasteiger partial charge in [-0.05, 0) is 50.3 Å². The molecule has 1 aromatic rings. The number of nitrogens with one attached hydrogen (secondary N) is 1. The van der Waals surface area contributed by atoms with Gasteiger partial charge in [-0.15, -0.1) is 0 Å². The number of rotatable bonds is 2. The number of carbonyl (C=O) groups is 1. The van der Waals surface area contributed by atoms with Gasteiger partial charge in [0.05, 0.1) is 11.3 Å². The number of aryl methyl sites for hydroxylation is 1. The van der Waals surface area contributed by atoms with Crippen molar-refractivity contribution in [1.29, 1.82) is 0 Å². The molecule has 0 spiro atoms. The van der Waals surface area contributed by atoms with Gasteiger partial charge in [-0.2, -0.15) is 0 Å². The number of benzene rings is 1. The maximum atomic E-state index is 12.7. The maximum Gasteiger partial charge on any atom is 0.256 e. The third-order valence-electron chi connectivity index (χ3n) is 4.20. The molecular weight excluding hydrogens is 238 g/mol. The van der Waals surface area contributed by atoms with Crippen molar-refractivity contribution in [2.45, 2.75) is 39.7 Å². The number of nitrogen functional groups attached to an aromatic ring is 1. The first-order valence-electron chi connectivity index (χ1n) is 6.93. The Labute approximate surface area is 114 Å². The van der Waals surface area contributed by atoms with E-state index in [1.54, 1.807) is 0 Å². The Morgan fingerprint density at radius 3 is 2.84 bits per heavy atom. The first kappa shape index (κ1) is 13.9. The minimum absolute atomic E-state index is 0.0759. The molecule has 1 amide bonds. The van der Waals surface area contributed by atoms with Crippen LogP contribution in [0.25, 0.3) is 0 Å². The molecule has 0 aromatic heterocycles. The standard InChI is InChI=1S/C15H23N3O/c1-10-6-7-13(14(9-10)17-16)15(19)18-8-4-5-11(2)12(18)3/h6-7,9,11-12,17H,4-5,8,16H2,1-3H3. The zero-order valence-corrected chi connectivity index (χ0v) is 11.9. The molecule has 1 aromatic carbocycles. The van der Waals surface area contributed by atoms with E-state index in [4.69, 9.17) is 5.84 Å². The summed E-state index contributed by atoms with van der Waals surface area (Å²) in [6.07, 6.45) is 2.27. The fourth-order valence-electron chi connectivity index (χ4n) is 2.74. The van der Waals surface area contributed by atoms with Crippen LogP contribution in [0.15, 0.2) is 18.2 Å². The highest BCUT2D eigenvalue weighted by Crippen LogP contribution is 2.26. The average Bonchev–Trinajstić information content (AvgIpc) is 2.41. The van der Waals surface area contributed by atoms with Gasteiger partial charge < -0.3 is 10.3 Å². The summed E-state index contributed by atoms with van der Waals surface area (Å²) < 4.78 is 0. The maximum absolute atomic E-state index is 12.7. The Balaban J connectivity index is 2.28. The Hall–Kier alpha value is -1.55. The smallest absolute Gasteiger partial charge is 0.256 e. The SMILES string of the molecule is Cc1ccc(C(=O)N2CCCC(C)C2C)c(NN)c1. The molecule has 2 unspecified atom stereocenters. The lowest BCUT2D eigenvalue weighted by atomic mass is 9.91. The molecule has 1 heterocycles. The van der Waals surface area contributed by atoms with Crippen LogP contribution in [0.2, 0.25) is 0 Å². The summed E-state index contributed by atoms with van der Waals surface area (Å²) in [4.78, 5) is 14.6. The third kappa shape index (κ3) is 2.73. The molecule has 4 nitrogen and oxygen atoms in total. The van der Waals surface area contributed by atoms with Gasteiger partial charge in [-0.3, -0.25) is 10.6 Å². The monoisotopic (exact) mass is 261 g/mol. The molecule has 104 valence electrons. The Morgan fingerprint density at radius 1 is 1.42 bits per heavy atom. The molecule has 0 radical (unpaired) electrons. The molecule has 0 aliphatic carbocycles. The van der Waals surface area contributed by atoms with Gasteiger partial charge in [0.15, 0.2) is 0 Å². The van der Waals surface area contributed by atoms with Crippen molar-refractivity contribution >= 4 is 11.6 Å². The van der Waals surface area contributed by atoms with Crippen molar-refractivity contribution < 1.29 is 4.79 Å². The number of anilines is 1. The van der Waals surface area contributed by atoms with Gasteiger partial charge in [0.1, 0.15) is 0 Å². The summed E-state index contributed by atoms with van der Waals surface area (Å²) in [6.45, 7) is 7.16. The zero-order chi connectivity index (χ0) is 14.0. The fourth-order valence-corrected chi connectivity index (χ4v) is 2.74. The van der Waals surface area contributed by atoms with Gasteiger partial charge in [-0.1, -0.05) is 13.0 Å². The van der Waals surface area contributed by atoms with Crippen LogP contribution in [0.3, 0.4) is 0 Å². The molecule has 1 saturated heterocycles. The van der Waals surface area contributed by atoms with Crippen molar-refractivity contribution in [3.63, 3.8) is 0 Å². The van der Waals surface area contributed by atoms with E-state index in [0.717, 1.165) is 18.5 Å². The molecule has 1 fully saturated rings. The highest BCUT2D eigenvalue weighted by Gasteiger charge is 2.29. The van der Waals surface area contributed by atoms with Gasteiger partial charge >= 0.3 is 0 Å². The molecular formula is C15H23N3O. The lowest BCUT2D eigenvalue weighted by Gasteiger charge is -2.38. The van der Waals surface area contributed by atoms with Crippen LogP contribution in [0.1, 0.15) is 42.6 Å². The number of piperidine rings is 1. The largest absolute Gasteiger partial charge is 0.336 e. The molecule has 3 N–H and O–H groups in total.